The van der Waals surface area contributed by atoms with Crippen LogP contribution in [0, 0.1) is 0 Å². The number of fused-ring (bicyclic) bond motifs is 1. The lowest BCUT2D eigenvalue weighted by molar-refractivity contribution is 0.140. The zero-order valence-electron chi connectivity index (χ0n) is 21.5. The molecule has 0 amide bonds. The number of piperazine rings is 1. The van der Waals surface area contributed by atoms with E-state index in [2.05, 4.69) is 28.8 Å². The summed E-state index contributed by atoms with van der Waals surface area (Å²) in [6, 6.07) is 10.4. The number of hydrogen-bond acceptors (Lipinski definition) is 8. The summed E-state index contributed by atoms with van der Waals surface area (Å²) in [6.07, 6.45) is 3.18. The van der Waals surface area contributed by atoms with Gasteiger partial charge in [0.2, 0.25) is 16.9 Å². The molecule has 0 aliphatic carbocycles. The standard InChI is InChI=1S/C28H37N3O5/c1-29(14-17-31-18-15-30(2)16-19-31)13-5-4-6-20-7-9-21(10-8-20)26-25(34)24(33)22-11-12-23(32)28(35-3)27(22)36-26/h7-12,32,34H,4-6,13-19H2,1-3H3. The molecule has 8 nitrogen and oxygen atoms in total. The molecule has 0 saturated carbocycles. The number of rotatable bonds is 10. The normalized spacial score (nSPS) is 15.1. The minimum atomic E-state index is -0.564. The number of aryl methyl sites for hydroxylation is 1. The Labute approximate surface area is 212 Å². The zero-order chi connectivity index (χ0) is 25.7. The van der Waals surface area contributed by atoms with E-state index < -0.39 is 11.2 Å². The molecule has 2 heterocycles. The highest BCUT2D eigenvalue weighted by Gasteiger charge is 2.20. The molecule has 194 valence electrons. The molecule has 0 atom stereocenters. The van der Waals surface area contributed by atoms with Gasteiger partial charge in [0.15, 0.2) is 17.1 Å². The molecule has 3 aromatic rings. The molecular weight excluding hydrogens is 458 g/mol. The van der Waals surface area contributed by atoms with Crippen molar-refractivity contribution in [1.82, 2.24) is 14.7 Å². The van der Waals surface area contributed by atoms with Crippen LogP contribution in [0.3, 0.4) is 0 Å². The van der Waals surface area contributed by atoms with Crippen molar-refractivity contribution >= 4 is 11.0 Å². The summed E-state index contributed by atoms with van der Waals surface area (Å²) in [4.78, 5) is 20.0. The number of phenols is 1. The van der Waals surface area contributed by atoms with Crippen LogP contribution in [0.4, 0.5) is 0 Å². The summed E-state index contributed by atoms with van der Waals surface area (Å²) < 4.78 is 11.1. The Kier molecular flexibility index (Phi) is 8.51. The number of ether oxygens (including phenoxy) is 1. The van der Waals surface area contributed by atoms with Crippen molar-refractivity contribution in [2.45, 2.75) is 19.3 Å². The molecule has 2 aromatic carbocycles. The van der Waals surface area contributed by atoms with Crippen LogP contribution >= 0.6 is 0 Å². The Balaban J connectivity index is 1.31. The van der Waals surface area contributed by atoms with Crippen LogP contribution in [-0.2, 0) is 6.42 Å². The van der Waals surface area contributed by atoms with Gasteiger partial charge in [-0.1, -0.05) is 24.3 Å². The van der Waals surface area contributed by atoms with Crippen molar-refractivity contribution in [2.24, 2.45) is 0 Å². The highest BCUT2D eigenvalue weighted by atomic mass is 16.5. The third-order valence-corrected chi connectivity index (χ3v) is 7.04. The molecule has 36 heavy (non-hydrogen) atoms. The minimum Gasteiger partial charge on any atom is -0.504 e. The van der Waals surface area contributed by atoms with E-state index in [0.717, 1.165) is 65.1 Å². The van der Waals surface area contributed by atoms with Crippen molar-refractivity contribution in [1.29, 1.82) is 0 Å². The van der Waals surface area contributed by atoms with E-state index in [9.17, 15) is 15.0 Å². The van der Waals surface area contributed by atoms with E-state index in [1.807, 2.05) is 24.3 Å². The fourth-order valence-corrected chi connectivity index (χ4v) is 4.64. The molecular formula is C28H37N3O5. The lowest BCUT2D eigenvalue weighted by Gasteiger charge is -2.33. The fraction of sp³-hybridized carbons (Fsp3) is 0.464. The van der Waals surface area contributed by atoms with Gasteiger partial charge in [-0.2, -0.15) is 0 Å². The number of unbranched alkanes of at least 4 members (excludes halogenated alkanes) is 1. The number of phenolic OH excluding ortho intramolecular Hbond substituents is 1. The summed E-state index contributed by atoms with van der Waals surface area (Å²) in [6.45, 7) is 7.96. The number of methoxy groups -OCH3 is 1. The molecule has 1 aromatic heterocycles. The van der Waals surface area contributed by atoms with Crippen LogP contribution in [0.15, 0.2) is 45.6 Å². The van der Waals surface area contributed by atoms with Gasteiger partial charge < -0.3 is 29.2 Å². The second kappa shape index (κ2) is 11.8. The Hall–Kier alpha value is -3.07. The number of likely N-dealkylation sites (N-methyl/N-ethyl adjacent to an activating group) is 2. The first kappa shape index (κ1) is 26.0. The van der Waals surface area contributed by atoms with Crippen molar-refractivity contribution in [3.63, 3.8) is 0 Å². The molecule has 1 aliphatic heterocycles. The third kappa shape index (κ3) is 6.00. The fourth-order valence-electron chi connectivity index (χ4n) is 4.64. The summed E-state index contributed by atoms with van der Waals surface area (Å²) in [7, 11) is 5.77. The van der Waals surface area contributed by atoms with Gasteiger partial charge in [-0.3, -0.25) is 9.69 Å². The number of hydrogen-bond donors (Lipinski definition) is 2. The van der Waals surface area contributed by atoms with E-state index in [1.54, 1.807) is 0 Å². The van der Waals surface area contributed by atoms with Gasteiger partial charge in [0.1, 0.15) is 0 Å². The summed E-state index contributed by atoms with van der Waals surface area (Å²) in [5.41, 5.74) is 1.32. The Morgan fingerprint density at radius 2 is 1.72 bits per heavy atom. The number of benzene rings is 2. The van der Waals surface area contributed by atoms with Crippen LogP contribution in [0.5, 0.6) is 17.2 Å². The van der Waals surface area contributed by atoms with Crippen LogP contribution in [0.25, 0.3) is 22.3 Å². The molecule has 0 bridgehead atoms. The van der Waals surface area contributed by atoms with Gasteiger partial charge >= 0.3 is 0 Å². The van der Waals surface area contributed by atoms with Gasteiger partial charge in [-0.25, -0.2) is 0 Å². The van der Waals surface area contributed by atoms with E-state index in [0.29, 0.717) is 5.56 Å². The van der Waals surface area contributed by atoms with E-state index in [4.69, 9.17) is 9.15 Å². The van der Waals surface area contributed by atoms with Crippen LogP contribution in [0.1, 0.15) is 18.4 Å². The van der Waals surface area contributed by atoms with Crippen molar-refractivity contribution in [2.75, 3.05) is 67.0 Å². The molecule has 1 saturated heterocycles. The minimum absolute atomic E-state index is 0.0601. The summed E-state index contributed by atoms with van der Waals surface area (Å²) in [5.74, 6) is -0.464. The van der Waals surface area contributed by atoms with Crippen molar-refractivity contribution in [3.8, 4) is 28.6 Å². The molecule has 1 aliphatic rings. The summed E-state index contributed by atoms with van der Waals surface area (Å²) >= 11 is 0. The highest BCUT2D eigenvalue weighted by Crippen LogP contribution is 2.38. The SMILES string of the molecule is COc1c(O)ccc2c(=O)c(O)c(-c3ccc(CCCCN(C)CCN4CCN(C)CC4)cc3)oc12. The van der Waals surface area contributed by atoms with Gasteiger partial charge in [0.05, 0.1) is 12.5 Å². The smallest absolute Gasteiger partial charge is 0.235 e. The van der Waals surface area contributed by atoms with Crippen LogP contribution in [-0.4, -0.2) is 91.9 Å². The van der Waals surface area contributed by atoms with Gasteiger partial charge in [0.25, 0.3) is 0 Å². The van der Waals surface area contributed by atoms with E-state index in [-0.39, 0.29) is 28.2 Å². The maximum absolute atomic E-state index is 12.7. The molecule has 8 heteroatoms. The van der Waals surface area contributed by atoms with E-state index in [1.165, 1.54) is 24.8 Å². The van der Waals surface area contributed by atoms with Crippen molar-refractivity contribution in [3.05, 3.63) is 52.2 Å². The Bertz CT molecular complexity index is 1220. The Morgan fingerprint density at radius 3 is 2.42 bits per heavy atom. The number of nitrogens with zero attached hydrogens (tertiary/aromatic N) is 3. The predicted molar refractivity (Wildman–Crippen MR) is 142 cm³/mol. The first-order valence-corrected chi connectivity index (χ1v) is 12.6. The van der Waals surface area contributed by atoms with Gasteiger partial charge in [-0.05, 0) is 57.6 Å². The molecule has 4 rings (SSSR count). The van der Waals surface area contributed by atoms with Gasteiger partial charge in [0, 0.05) is 44.8 Å². The maximum atomic E-state index is 12.7. The summed E-state index contributed by atoms with van der Waals surface area (Å²) in [5, 5.41) is 20.7. The quantitative estimate of drug-likeness (QED) is 0.414. The largest absolute Gasteiger partial charge is 0.504 e. The molecule has 2 N–H and O–H groups in total. The van der Waals surface area contributed by atoms with E-state index >= 15 is 0 Å². The zero-order valence-corrected chi connectivity index (χ0v) is 21.5. The highest BCUT2D eigenvalue weighted by molar-refractivity contribution is 5.88. The maximum Gasteiger partial charge on any atom is 0.235 e. The molecule has 0 radical (unpaired) electrons. The Morgan fingerprint density at radius 1 is 1.00 bits per heavy atom. The topological polar surface area (TPSA) is 89.6 Å². The van der Waals surface area contributed by atoms with Crippen LogP contribution < -0.4 is 10.2 Å². The average Bonchev–Trinajstić information content (AvgIpc) is 2.88. The monoisotopic (exact) mass is 495 g/mol. The van der Waals surface area contributed by atoms with Crippen molar-refractivity contribution < 1.29 is 19.4 Å². The molecule has 0 unspecified atom stereocenters. The first-order valence-electron chi connectivity index (χ1n) is 12.6. The number of aromatic hydroxyl groups is 2. The second-order valence-electron chi connectivity index (χ2n) is 9.71. The second-order valence-corrected chi connectivity index (χ2v) is 9.71. The lowest BCUT2D eigenvalue weighted by atomic mass is 10.0. The molecule has 0 spiro atoms. The molecule has 1 fully saturated rings. The van der Waals surface area contributed by atoms with Crippen LogP contribution in [0.2, 0.25) is 0 Å². The third-order valence-electron chi connectivity index (χ3n) is 7.04. The van der Waals surface area contributed by atoms with Gasteiger partial charge in [-0.15, -0.1) is 0 Å². The predicted octanol–water partition coefficient (Wildman–Crippen LogP) is 3.38. The first-order chi connectivity index (χ1) is 17.4. The average molecular weight is 496 g/mol. The lowest BCUT2D eigenvalue weighted by Crippen LogP contribution is -2.46.